The Morgan fingerprint density at radius 3 is 2.04 bits per heavy atom. The molecule has 3 rings (SSSR count). The van der Waals surface area contributed by atoms with Crippen molar-refractivity contribution in [2.75, 3.05) is 14.2 Å². The first-order valence-corrected chi connectivity index (χ1v) is 7.51. The lowest BCUT2D eigenvalue weighted by Gasteiger charge is -2.18. The van der Waals surface area contributed by atoms with Gasteiger partial charge in [-0.15, -0.1) is 0 Å². The molecule has 23 heavy (non-hydrogen) atoms. The van der Waals surface area contributed by atoms with Gasteiger partial charge in [-0.2, -0.15) is 0 Å². The second-order valence-corrected chi connectivity index (χ2v) is 5.63. The fourth-order valence-electron chi connectivity index (χ4n) is 2.98. The van der Waals surface area contributed by atoms with E-state index < -0.39 is 0 Å². The van der Waals surface area contributed by atoms with Gasteiger partial charge in [0.25, 0.3) is 0 Å². The minimum Gasteiger partial charge on any atom is -0.507 e. The standard InChI is InChI=1S/C20H20O3/c1-12-13(2)20(23-4)17(11-19(12)22-3)16-9-14-7-5-6-8-15(14)10-18(16)21/h5-11,21H,1-4H3. The quantitative estimate of drug-likeness (QED) is 0.752. The Balaban J connectivity index is 2.33. The Morgan fingerprint density at radius 2 is 1.43 bits per heavy atom. The number of phenols is 1. The fraction of sp³-hybridized carbons (Fsp3) is 0.200. The molecule has 0 saturated heterocycles. The molecule has 118 valence electrons. The Morgan fingerprint density at radius 1 is 0.783 bits per heavy atom. The van der Waals surface area contributed by atoms with Crippen LogP contribution in [-0.2, 0) is 0 Å². The number of aromatic hydroxyl groups is 1. The molecule has 0 atom stereocenters. The van der Waals surface area contributed by atoms with Gasteiger partial charge in [-0.05, 0) is 53.9 Å². The third-order valence-electron chi connectivity index (χ3n) is 4.37. The molecule has 0 radical (unpaired) electrons. The molecule has 0 heterocycles. The first-order valence-electron chi connectivity index (χ1n) is 7.51. The van der Waals surface area contributed by atoms with Crippen molar-refractivity contribution in [1.29, 1.82) is 0 Å². The van der Waals surface area contributed by atoms with Crippen LogP contribution in [0.25, 0.3) is 21.9 Å². The number of phenolic OH excluding ortho intramolecular Hbond substituents is 1. The molecule has 3 aromatic carbocycles. The summed E-state index contributed by atoms with van der Waals surface area (Å²) >= 11 is 0. The first-order chi connectivity index (χ1) is 11.1. The van der Waals surface area contributed by atoms with Crippen LogP contribution in [0.15, 0.2) is 42.5 Å². The number of methoxy groups -OCH3 is 2. The van der Waals surface area contributed by atoms with Crippen LogP contribution in [0.5, 0.6) is 17.2 Å². The predicted molar refractivity (Wildman–Crippen MR) is 93.6 cm³/mol. The summed E-state index contributed by atoms with van der Waals surface area (Å²) in [5.74, 6) is 1.77. The maximum Gasteiger partial charge on any atom is 0.130 e. The van der Waals surface area contributed by atoms with Crippen LogP contribution in [0.3, 0.4) is 0 Å². The van der Waals surface area contributed by atoms with Crippen LogP contribution < -0.4 is 9.47 Å². The van der Waals surface area contributed by atoms with E-state index in [2.05, 4.69) is 0 Å². The summed E-state index contributed by atoms with van der Waals surface area (Å²) in [6, 6.07) is 13.6. The Hall–Kier alpha value is -2.68. The summed E-state index contributed by atoms with van der Waals surface area (Å²) in [5, 5.41) is 12.6. The maximum atomic E-state index is 10.5. The largest absolute Gasteiger partial charge is 0.507 e. The van der Waals surface area contributed by atoms with Crippen LogP contribution in [0.4, 0.5) is 0 Å². The van der Waals surface area contributed by atoms with Crippen molar-refractivity contribution in [3.05, 3.63) is 53.6 Å². The molecule has 0 fully saturated rings. The van der Waals surface area contributed by atoms with Gasteiger partial charge in [-0.25, -0.2) is 0 Å². The lowest BCUT2D eigenvalue weighted by Crippen LogP contribution is -1.98. The highest BCUT2D eigenvalue weighted by atomic mass is 16.5. The average molecular weight is 308 g/mol. The zero-order valence-corrected chi connectivity index (χ0v) is 13.8. The van der Waals surface area contributed by atoms with Crippen molar-refractivity contribution in [1.82, 2.24) is 0 Å². The molecule has 3 nitrogen and oxygen atoms in total. The van der Waals surface area contributed by atoms with Crippen molar-refractivity contribution < 1.29 is 14.6 Å². The van der Waals surface area contributed by atoms with E-state index in [1.54, 1.807) is 20.3 Å². The second kappa shape index (κ2) is 5.84. The molecular formula is C20H20O3. The summed E-state index contributed by atoms with van der Waals surface area (Å²) in [7, 11) is 3.30. The van der Waals surface area contributed by atoms with Crippen molar-refractivity contribution in [3.63, 3.8) is 0 Å². The molecular weight excluding hydrogens is 288 g/mol. The number of hydrogen-bond donors (Lipinski definition) is 1. The van der Waals surface area contributed by atoms with Gasteiger partial charge in [0, 0.05) is 11.1 Å². The third-order valence-corrected chi connectivity index (χ3v) is 4.37. The lowest BCUT2D eigenvalue weighted by atomic mass is 9.95. The van der Waals surface area contributed by atoms with Gasteiger partial charge in [0.2, 0.25) is 0 Å². The van der Waals surface area contributed by atoms with Gasteiger partial charge in [0.1, 0.15) is 17.2 Å². The molecule has 0 spiro atoms. The average Bonchev–Trinajstić information content (AvgIpc) is 2.56. The van der Waals surface area contributed by atoms with E-state index >= 15 is 0 Å². The summed E-state index contributed by atoms with van der Waals surface area (Å²) < 4.78 is 11.1. The van der Waals surface area contributed by atoms with E-state index in [0.29, 0.717) is 0 Å². The first kappa shape index (κ1) is 15.2. The highest BCUT2D eigenvalue weighted by molar-refractivity contribution is 5.92. The second-order valence-electron chi connectivity index (χ2n) is 5.63. The predicted octanol–water partition coefficient (Wildman–Crippen LogP) is 4.85. The molecule has 3 aromatic rings. The van der Waals surface area contributed by atoms with Crippen LogP contribution >= 0.6 is 0 Å². The van der Waals surface area contributed by atoms with E-state index in [9.17, 15) is 5.11 Å². The van der Waals surface area contributed by atoms with Crippen molar-refractivity contribution in [2.24, 2.45) is 0 Å². The molecule has 0 aliphatic carbocycles. The molecule has 3 heteroatoms. The molecule has 0 aliphatic rings. The Bertz CT molecular complexity index is 882. The summed E-state index contributed by atoms with van der Waals surface area (Å²) in [6.07, 6.45) is 0. The number of fused-ring (bicyclic) bond motifs is 1. The number of hydrogen-bond acceptors (Lipinski definition) is 3. The van der Waals surface area contributed by atoms with Crippen molar-refractivity contribution in [2.45, 2.75) is 13.8 Å². The molecule has 0 saturated carbocycles. The van der Waals surface area contributed by atoms with Gasteiger partial charge < -0.3 is 14.6 Å². The summed E-state index contributed by atoms with van der Waals surface area (Å²) in [5.41, 5.74) is 3.61. The van der Waals surface area contributed by atoms with Crippen molar-refractivity contribution >= 4 is 10.8 Å². The minimum absolute atomic E-state index is 0.229. The minimum atomic E-state index is 0.229. The van der Waals surface area contributed by atoms with Gasteiger partial charge in [0.15, 0.2) is 0 Å². The van der Waals surface area contributed by atoms with Gasteiger partial charge >= 0.3 is 0 Å². The van der Waals surface area contributed by atoms with Crippen LogP contribution in [-0.4, -0.2) is 19.3 Å². The van der Waals surface area contributed by atoms with E-state index in [-0.39, 0.29) is 5.75 Å². The summed E-state index contributed by atoms with van der Waals surface area (Å²) in [6.45, 7) is 4.00. The molecule has 0 bridgehead atoms. The van der Waals surface area contributed by atoms with Crippen molar-refractivity contribution in [3.8, 4) is 28.4 Å². The van der Waals surface area contributed by atoms with E-state index in [4.69, 9.17) is 9.47 Å². The molecule has 0 amide bonds. The zero-order chi connectivity index (χ0) is 16.6. The highest BCUT2D eigenvalue weighted by Gasteiger charge is 2.18. The normalized spacial score (nSPS) is 10.8. The highest BCUT2D eigenvalue weighted by Crippen LogP contribution is 2.43. The van der Waals surface area contributed by atoms with Gasteiger partial charge in [-0.1, -0.05) is 24.3 Å². The topological polar surface area (TPSA) is 38.7 Å². The lowest BCUT2D eigenvalue weighted by molar-refractivity contribution is 0.399. The smallest absolute Gasteiger partial charge is 0.130 e. The maximum absolute atomic E-state index is 10.5. The molecule has 0 unspecified atom stereocenters. The monoisotopic (exact) mass is 308 g/mol. The number of rotatable bonds is 3. The van der Waals surface area contributed by atoms with Gasteiger partial charge in [-0.3, -0.25) is 0 Å². The van der Waals surface area contributed by atoms with E-state index in [0.717, 1.165) is 44.5 Å². The zero-order valence-electron chi connectivity index (χ0n) is 13.8. The van der Waals surface area contributed by atoms with E-state index in [1.807, 2.05) is 50.2 Å². The number of ether oxygens (including phenoxy) is 2. The van der Waals surface area contributed by atoms with Gasteiger partial charge in [0.05, 0.1) is 14.2 Å². The fourth-order valence-corrected chi connectivity index (χ4v) is 2.98. The summed E-state index contributed by atoms with van der Waals surface area (Å²) in [4.78, 5) is 0. The van der Waals surface area contributed by atoms with E-state index in [1.165, 1.54) is 0 Å². The molecule has 0 aliphatic heterocycles. The van der Waals surface area contributed by atoms with Crippen LogP contribution in [0.2, 0.25) is 0 Å². The molecule has 1 N–H and O–H groups in total. The van der Waals surface area contributed by atoms with Crippen LogP contribution in [0, 0.1) is 13.8 Å². The third kappa shape index (κ3) is 2.48. The molecule has 0 aromatic heterocycles. The SMILES string of the molecule is COc1cc(-c2cc3ccccc3cc2O)c(OC)c(C)c1C. The Labute approximate surface area is 136 Å². The van der Waals surface area contributed by atoms with Crippen LogP contribution in [0.1, 0.15) is 11.1 Å². The number of benzene rings is 3. The Kier molecular flexibility index (Phi) is 3.87.